The minimum Gasteiger partial charge on any atom is -0.434 e. The van der Waals surface area contributed by atoms with E-state index in [1.54, 1.807) is 18.2 Å². The number of nitrogens with one attached hydrogen (secondary N) is 1. The number of aromatic nitrogens is 1. The first-order chi connectivity index (χ1) is 15.6. The molecule has 0 unspecified atom stereocenters. The zero-order valence-electron chi connectivity index (χ0n) is 18.2. The van der Waals surface area contributed by atoms with Crippen molar-refractivity contribution >= 4 is 34.4 Å². The van der Waals surface area contributed by atoms with Gasteiger partial charge in [-0.3, -0.25) is 9.59 Å². The number of aryl methyl sites for hydroxylation is 1. The molecule has 1 aliphatic rings. The van der Waals surface area contributed by atoms with Gasteiger partial charge in [-0.15, -0.1) is 0 Å². The number of ketones is 1. The molecule has 1 saturated carbocycles. The van der Waals surface area contributed by atoms with E-state index in [4.69, 9.17) is 16.0 Å². The molecule has 4 rings (SSSR count). The van der Waals surface area contributed by atoms with Crippen LogP contribution < -0.4 is 5.32 Å². The van der Waals surface area contributed by atoms with Crippen molar-refractivity contribution in [3.8, 4) is 0 Å². The first kappa shape index (κ1) is 22.5. The van der Waals surface area contributed by atoms with Crippen LogP contribution in [0.2, 0.25) is 5.02 Å². The number of carbonyl (C=O) groups is 2. The number of oxazole rings is 1. The Hall–Kier alpha value is -2.66. The van der Waals surface area contributed by atoms with Crippen LogP contribution in [-0.2, 0) is 11.2 Å². The van der Waals surface area contributed by atoms with Crippen molar-refractivity contribution in [2.75, 3.05) is 0 Å². The van der Waals surface area contributed by atoms with E-state index in [0.29, 0.717) is 41.3 Å². The molecule has 0 radical (unpaired) electrons. The van der Waals surface area contributed by atoms with Crippen LogP contribution in [0, 0.1) is 5.92 Å². The van der Waals surface area contributed by atoms with Crippen LogP contribution in [0.1, 0.15) is 67.6 Å². The highest BCUT2D eigenvalue weighted by Gasteiger charge is 2.27. The maximum atomic E-state index is 13.3. The van der Waals surface area contributed by atoms with Crippen molar-refractivity contribution in [3.05, 3.63) is 65.0 Å². The second-order valence-corrected chi connectivity index (χ2v) is 9.12. The number of hydrogen-bond donors (Lipinski definition) is 1. The zero-order chi connectivity index (χ0) is 22.3. The molecule has 2 aromatic carbocycles. The van der Waals surface area contributed by atoms with E-state index >= 15 is 0 Å². The van der Waals surface area contributed by atoms with Gasteiger partial charge in [0.05, 0.1) is 6.04 Å². The minimum absolute atomic E-state index is 0.00732. The molecule has 0 saturated heterocycles. The van der Waals surface area contributed by atoms with Gasteiger partial charge in [0, 0.05) is 11.4 Å². The van der Waals surface area contributed by atoms with Gasteiger partial charge in [0.25, 0.3) is 5.89 Å². The molecule has 6 heteroatoms. The third-order valence-corrected chi connectivity index (χ3v) is 6.52. The average molecular weight is 453 g/mol. The highest BCUT2D eigenvalue weighted by molar-refractivity contribution is 6.31. The second kappa shape index (κ2) is 10.8. The standard InChI is InChI=1S/C26H29ClN2O3/c27-20-13-15-23-22(17-20)29-26(32-23)25(31)21(14-11-18-7-3-1-4-8-18)28-24(30)16-12-19-9-5-2-6-10-19/h1,3-4,7-8,13,15,17,19,21H,2,5-6,9-12,14,16H2,(H,28,30)/t21-/m0/s1. The van der Waals surface area contributed by atoms with E-state index in [-0.39, 0.29) is 17.6 Å². The highest BCUT2D eigenvalue weighted by Crippen LogP contribution is 2.27. The maximum absolute atomic E-state index is 13.3. The van der Waals surface area contributed by atoms with Gasteiger partial charge < -0.3 is 9.73 Å². The van der Waals surface area contributed by atoms with Gasteiger partial charge in [0.1, 0.15) is 5.52 Å². The van der Waals surface area contributed by atoms with Gasteiger partial charge in [0.15, 0.2) is 5.58 Å². The molecule has 1 amide bonds. The lowest BCUT2D eigenvalue weighted by molar-refractivity contribution is -0.122. The van der Waals surface area contributed by atoms with Crippen LogP contribution >= 0.6 is 11.6 Å². The van der Waals surface area contributed by atoms with Crippen LogP contribution in [-0.4, -0.2) is 22.7 Å². The smallest absolute Gasteiger partial charge is 0.266 e. The molecular formula is C26H29ClN2O3. The van der Waals surface area contributed by atoms with Gasteiger partial charge >= 0.3 is 0 Å². The van der Waals surface area contributed by atoms with Crippen LogP contribution in [0.3, 0.4) is 0 Å². The van der Waals surface area contributed by atoms with Crippen molar-refractivity contribution in [2.45, 2.75) is 63.8 Å². The number of hydrogen-bond acceptors (Lipinski definition) is 4. The summed E-state index contributed by atoms with van der Waals surface area (Å²) in [5, 5.41) is 3.50. The average Bonchev–Trinajstić information content (AvgIpc) is 3.24. The van der Waals surface area contributed by atoms with Gasteiger partial charge in [-0.1, -0.05) is 74.0 Å². The summed E-state index contributed by atoms with van der Waals surface area (Å²) in [4.78, 5) is 30.3. The summed E-state index contributed by atoms with van der Waals surface area (Å²) in [6.45, 7) is 0. The van der Waals surface area contributed by atoms with Crippen LogP contribution in [0.4, 0.5) is 0 Å². The minimum atomic E-state index is -0.683. The predicted molar refractivity (Wildman–Crippen MR) is 126 cm³/mol. The monoisotopic (exact) mass is 452 g/mol. The number of benzene rings is 2. The van der Waals surface area contributed by atoms with Gasteiger partial charge in [0.2, 0.25) is 11.7 Å². The third-order valence-electron chi connectivity index (χ3n) is 6.28. The molecule has 3 aromatic rings. The van der Waals surface area contributed by atoms with Crippen LogP contribution in [0.5, 0.6) is 0 Å². The van der Waals surface area contributed by atoms with Crippen molar-refractivity contribution < 1.29 is 14.0 Å². The van der Waals surface area contributed by atoms with Crippen LogP contribution in [0.15, 0.2) is 52.9 Å². The molecular weight excluding hydrogens is 424 g/mol. The molecule has 0 bridgehead atoms. The molecule has 1 aromatic heterocycles. The number of Topliss-reactive ketones (excluding diaryl/α,β-unsaturated/α-hetero) is 1. The Kier molecular flexibility index (Phi) is 7.59. The molecule has 1 aliphatic carbocycles. The normalized spacial score (nSPS) is 15.5. The summed E-state index contributed by atoms with van der Waals surface area (Å²) in [5.74, 6) is 0.239. The van der Waals surface area contributed by atoms with Crippen molar-refractivity contribution in [1.29, 1.82) is 0 Å². The quantitative estimate of drug-likeness (QED) is 0.395. The second-order valence-electron chi connectivity index (χ2n) is 8.68. The van der Waals surface area contributed by atoms with Crippen LogP contribution in [0.25, 0.3) is 11.1 Å². The highest BCUT2D eigenvalue weighted by atomic mass is 35.5. The summed E-state index contributed by atoms with van der Waals surface area (Å²) in [5.41, 5.74) is 2.15. The number of halogens is 1. The summed E-state index contributed by atoms with van der Waals surface area (Å²) in [7, 11) is 0. The number of amides is 1. The van der Waals surface area contributed by atoms with Crippen molar-refractivity contribution in [1.82, 2.24) is 10.3 Å². The van der Waals surface area contributed by atoms with E-state index in [2.05, 4.69) is 10.3 Å². The fourth-order valence-electron chi connectivity index (χ4n) is 4.46. The molecule has 0 aliphatic heterocycles. The van der Waals surface area contributed by atoms with Crippen molar-refractivity contribution in [2.24, 2.45) is 5.92 Å². The molecule has 32 heavy (non-hydrogen) atoms. The van der Waals surface area contributed by atoms with Gasteiger partial charge in [-0.05, 0) is 48.9 Å². The summed E-state index contributed by atoms with van der Waals surface area (Å²) < 4.78 is 5.68. The Morgan fingerprint density at radius 3 is 2.66 bits per heavy atom. The first-order valence-corrected chi connectivity index (χ1v) is 11.9. The number of fused-ring (bicyclic) bond motifs is 1. The van der Waals surface area contributed by atoms with Crippen molar-refractivity contribution in [3.63, 3.8) is 0 Å². The lowest BCUT2D eigenvalue weighted by Gasteiger charge is -2.22. The number of rotatable bonds is 9. The Balaban J connectivity index is 1.45. The zero-order valence-corrected chi connectivity index (χ0v) is 18.9. The molecule has 5 nitrogen and oxygen atoms in total. The number of carbonyl (C=O) groups excluding carboxylic acids is 2. The summed E-state index contributed by atoms with van der Waals surface area (Å²) >= 11 is 6.03. The van der Waals surface area contributed by atoms with Gasteiger partial charge in [-0.25, -0.2) is 4.98 Å². The molecule has 1 heterocycles. The van der Waals surface area contributed by atoms with E-state index < -0.39 is 6.04 Å². The summed E-state index contributed by atoms with van der Waals surface area (Å²) in [6.07, 6.45) is 8.70. The lowest BCUT2D eigenvalue weighted by Crippen LogP contribution is -2.41. The molecule has 1 N–H and O–H groups in total. The largest absolute Gasteiger partial charge is 0.434 e. The Morgan fingerprint density at radius 2 is 1.88 bits per heavy atom. The number of nitrogens with zero attached hydrogens (tertiary/aromatic N) is 1. The molecule has 168 valence electrons. The lowest BCUT2D eigenvalue weighted by atomic mass is 9.86. The Morgan fingerprint density at radius 1 is 1.09 bits per heavy atom. The Labute approximate surface area is 193 Å². The predicted octanol–water partition coefficient (Wildman–Crippen LogP) is 6.14. The fourth-order valence-corrected chi connectivity index (χ4v) is 4.62. The first-order valence-electron chi connectivity index (χ1n) is 11.5. The SMILES string of the molecule is O=C(CCC1CCCCC1)N[C@@H](CCc1ccccc1)C(=O)c1nc2cc(Cl)ccc2o1. The van der Waals surface area contributed by atoms with E-state index in [9.17, 15) is 9.59 Å². The van der Waals surface area contributed by atoms with E-state index in [1.807, 2.05) is 30.3 Å². The molecule has 1 atom stereocenters. The third kappa shape index (κ3) is 5.98. The van der Waals surface area contributed by atoms with Gasteiger partial charge in [-0.2, -0.15) is 0 Å². The molecule has 1 fully saturated rings. The summed E-state index contributed by atoms with van der Waals surface area (Å²) in [6, 6.07) is 14.3. The molecule has 0 spiro atoms. The fraction of sp³-hybridized carbons (Fsp3) is 0.423. The topological polar surface area (TPSA) is 72.2 Å². The maximum Gasteiger partial charge on any atom is 0.266 e. The Bertz CT molecular complexity index is 1060. The van der Waals surface area contributed by atoms with E-state index in [1.165, 1.54) is 32.1 Å². The van der Waals surface area contributed by atoms with E-state index in [0.717, 1.165) is 12.0 Å².